The summed E-state index contributed by atoms with van der Waals surface area (Å²) < 4.78 is 10.5. The van der Waals surface area contributed by atoms with Crippen LogP contribution in [0.5, 0.6) is 0 Å². The number of benzene rings is 1. The van der Waals surface area contributed by atoms with Crippen LogP contribution in [0.15, 0.2) is 35.3 Å². The van der Waals surface area contributed by atoms with Crippen LogP contribution >= 0.6 is 11.3 Å². The van der Waals surface area contributed by atoms with Crippen LogP contribution in [0.1, 0.15) is 33.4 Å². The second-order valence-corrected chi connectivity index (χ2v) is 7.11. The van der Waals surface area contributed by atoms with Crippen molar-refractivity contribution >= 4 is 45.1 Å². The van der Waals surface area contributed by atoms with Gasteiger partial charge < -0.3 is 9.47 Å². The predicted molar refractivity (Wildman–Crippen MR) is 111 cm³/mol. The second kappa shape index (κ2) is 8.89. The molecule has 0 bridgehead atoms. The number of carbonyl (C=O) groups excluding carboxylic acids is 1. The molecule has 1 aromatic carbocycles. The van der Waals surface area contributed by atoms with E-state index in [0.717, 1.165) is 11.3 Å². The minimum atomic E-state index is -0.508. The third-order valence-electron chi connectivity index (χ3n) is 4.07. The maximum atomic E-state index is 12.5. The average molecular weight is 413 g/mol. The monoisotopic (exact) mass is 413 g/mol. The molecule has 0 radical (unpaired) electrons. The lowest BCUT2D eigenvalue weighted by molar-refractivity contribution is -0.385. The molecule has 0 aliphatic rings. The highest BCUT2D eigenvalue weighted by Crippen LogP contribution is 2.40. The number of esters is 1. The summed E-state index contributed by atoms with van der Waals surface area (Å²) >= 11 is 1.18. The Bertz CT molecular complexity index is 1110. The summed E-state index contributed by atoms with van der Waals surface area (Å²) in [5, 5.41) is 12.0. The number of carbonyl (C=O) groups is 1. The van der Waals surface area contributed by atoms with Gasteiger partial charge in [0.05, 0.1) is 29.4 Å². The van der Waals surface area contributed by atoms with Crippen LogP contribution in [-0.2, 0) is 16.1 Å². The van der Waals surface area contributed by atoms with E-state index in [0.29, 0.717) is 33.0 Å². The molecule has 3 rings (SSSR count). The first-order valence-electron chi connectivity index (χ1n) is 8.82. The van der Waals surface area contributed by atoms with E-state index in [9.17, 15) is 14.9 Å². The van der Waals surface area contributed by atoms with Crippen LogP contribution in [0.3, 0.4) is 0 Å². The van der Waals surface area contributed by atoms with Crippen molar-refractivity contribution in [1.82, 2.24) is 4.98 Å². The van der Waals surface area contributed by atoms with Gasteiger partial charge in [-0.05, 0) is 31.5 Å². The number of pyridine rings is 1. The molecule has 29 heavy (non-hydrogen) atoms. The summed E-state index contributed by atoms with van der Waals surface area (Å²) in [6.07, 6.45) is 1.39. The lowest BCUT2D eigenvalue weighted by Gasteiger charge is -2.05. The van der Waals surface area contributed by atoms with Gasteiger partial charge in [-0.1, -0.05) is 12.1 Å². The molecule has 2 aromatic heterocycles. The Morgan fingerprint density at radius 2 is 2.14 bits per heavy atom. The number of aliphatic imine (C=N–C) groups is 1. The number of para-hydroxylation sites is 1. The number of fused-ring (bicyclic) bond motifs is 1. The molecule has 0 atom stereocenters. The zero-order chi connectivity index (χ0) is 21.0. The van der Waals surface area contributed by atoms with Crippen LogP contribution in [0, 0.1) is 17.0 Å². The Morgan fingerprint density at radius 3 is 2.83 bits per heavy atom. The molecular weight excluding hydrogens is 394 g/mol. The molecular formula is C20H19N3O5S. The van der Waals surface area contributed by atoms with Crippen molar-refractivity contribution in [2.45, 2.75) is 20.5 Å². The number of aromatic nitrogens is 1. The fourth-order valence-corrected chi connectivity index (χ4v) is 4.03. The molecule has 0 saturated heterocycles. The van der Waals surface area contributed by atoms with Crippen LogP contribution < -0.4 is 0 Å². The van der Waals surface area contributed by atoms with Crippen molar-refractivity contribution in [3.8, 4) is 0 Å². The van der Waals surface area contributed by atoms with Gasteiger partial charge in [-0.25, -0.2) is 9.78 Å². The molecule has 0 spiro atoms. The van der Waals surface area contributed by atoms with Gasteiger partial charge in [0.25, 0.3) is 5.69 Å². The number of nitro benzene ring substituents is 1. The first kappa shape index (κ1) is 20.6. The molecule has 150 valence electrons. The van der Waals surface area contributed by atoms with E-state index in [-0.39, 0.29) is 12.3 Å². The maximum Gasteiger partial charge on any atom is 0.350 e. The van der Waals surface area contributed by atoms with Gasteiger partial charge in [0.1, 0.15) is 9.71 Å². The normalized spacial score (nSPS) is 11.3. The van der Waals surface area contributed by atoms with Gasteiger partial charge in [0.2, 0.25) is 0 Å². The van der Waals surface area contributed by atoms with Crippen molar-refractivity contribution in [3.63, 3.8) is 0 Å². The molecule has 0 amide bonds. The Hall–Kier alpha value is -3.17. The van der Waals surface area contributed by atoms with Crippen molar-refractivity contribution < 1.29 is 19.2 Å². The van der Waals surface area contributed by atoms with Gasteiger partial charge in [-0.3, -0.25) is 15.1 Å². The van der Waals surface area contributed by atoms with E-state index in [4.69, 9.17) is 9.47 Å². The van der Waals surface area contributed by atoms with Crippen molar-refractivity contribution in [3.05, 3.63) is 62.1 Å². The van der Waals surface area contributed by atoms with Crippen molar-refractivity contribution in [2.24, 2.45) is 4.99 Å². The molecule has 0 unspecified atom stereocenters. The van der Waals surface area contributed by atoms with E-state index >= 15 is 0 Å². The number of hydrogen-bond donors (Lipinski definition) is 0. The second-order valence-electron chi connectivity index (χ2n) is 6.11. The smallest absolute Gasteiger partial charge is 0.350 e. The van der Waals surface area contributed by atoms with Crippen LogP contribution in [0.25, 0.3) is 10.2 Å². The first-order chi connectivity index (χ1) is 14.0. The fraction of sp³-hybridized carbons (Fsp3) is 0.250. The minimum Gasteiger partial charge on any atom is -0.462 e. The summed E-state index contributed by atoms with van der Waals surface area (Å²) in [5.41, 5.74) is 2.26. The number of aryl methyl sites for hydroxylation is 1. The van der Waals surface area contributed by atoms with E-state index in [1.807, 2.05) is 13.0 Å². The van der Waals surface area contributed by atoms with Gasteiger partial charge in [0.15, 0.2) is 0 Å². The van der Waals surface area contributed by atoms with Crippen molar-refractivity contribution in [1.29, 1.82) is 0 Å². The van der Waals surface area contributed by atoms with E-state index in [2.05, 4.69) is 9.98 Å². The summed E-state index contributed by atoms with van der Waals surface area (Å²) in [4.78, 5) is 33.2. The SMILES string of the molecule is CCOC(=O)c1sc2nc(C)cc(COC)c2c1N=Cc1ccccc1[N+](=O)[O-]. The lowest BCUT2D eigenvalue weighted by atomic mass is 10.1. The maximum absolute atomic E-state index is 12.5. The highest BCUT2D eigenvalue weighted by Gasteiger charge is 2.23. The first-order valence-corrected chi connectivity index (χ1v) is 9.64. The lowest BCUT2D eigenvalue weighted by Crippen LogP contribution is -2.02. The fourth-order valence-electron chi connectivity index (χ4n) is 2.92. The number of ether oxygens (including phenoxy) is 2. The standard InChI is InChI=1S/C20H19N3O5S/c1-4-28-20(24)18-17(21-10-13-7-5-6-8-15(13)23(25)26)16-14(11-27-3)9-12(2)22-19(16)29-18/h5-10H,4,11H2,1-3H3. The number of rotatable bonds is 7. The molecule has 3 aromatic rings. The zero-order valence-electron chi connectivity index (χ0n) is 16.2. The van der Waals surface area contributed by atoms with Gasteiger partial charge in [-0.15, -0.1) is 11.3 Å². The molecule has 8 nitrogen and oxygen atoms in total. The largest absolute Gasteiger partial charge is 0.462 e. The van der Waals surface area contributed by atoms with Crippen LogP contribution in [0.2, 0.25) is 0 Å². The third-order valence-corrected chi connectivity index (χ3v) is 5.13. The highest BCUT2D eigenvalue weighted by molar-refractivity contribution is 7.21. The third kappa shape index (κ3) is 4.30. The van der Waals surface area contributed by atoms with E-state index in [1.165, 1.54) is 23.6 Å². The predicted octanol–water partition coefficient (Wildman–Crippen LogP) is 4.59. The van der Waals surface area contributed by atoms with E-state index < -0.39 is 10.9 Å². The molecule has 2 heterocycles. The van der Waals surface area contributed by atoms with Crippen LogP contribution in [0.4, 0.5) is 11.4 Å². The van der Waals surface area contributed by atoms with Crippen molar-refractivity contribution in [2.75, 3.05) is 13.7 Å². The van der Waals surface area contributed by atoms with E-state index in [1.54, 1.807) is 32.2 Å². The number of nitro groups is 1. The van der Waals surface area contributed by atoms with Crippen LogP contribution in [-0.4, -0.2) is 35.8 Å². The van der Waals surface area contributed by atoms with Gasteiger partial charge in [0, 0.05) is 30.5 Å². The quantitative estimate of drug-likeness (QED) is 0.243. The minimum absolute atomic E-state index is 0.0699. The molecule has 9 heteroatoms. The molecule has 0 fully saturated rings. The summed E-state index contributed by atoms with van der Waals surface area (Å²) in [7, 11) is 1.58. The highest BCUT2D eigenvalue weighted by atomic mass is 32.1. The average Bonchev–Trinajstić information content (AvgIpc) is 3.05. The molecule has 0 N–H and O–H groups in total. The molecule has 0 aliphatic heterocycles. The number of nitrogens with zero attached hydrogens (tertiary/aromatic N) is 3. The van der Waals surface area contributed by atoms with Gasteiger partial charge in [-0.2, -0.15) is 0 Å². The Balaban J connectivity index is 2.22. The van der Waals surface area contributed by atoms with Gasteiger partial charge >= 0.3 is 5.97 Å². The molecule has 0 aliphatic carbocycles. The summed E-state index contributed by atoms with van der Waals surface area (Å²) in [6, 6.07) is 8.15. The zero-order valence-corrected chi connectivity index (χ0v) is 17.0. The Labute approximate surface area is 171 Å². The Kier molecular flexibility index (Phi) is 6.30. The number of thiophene rings is 1. The number of hydrogen-bond acceptors (Lipinski definition) is 8. The topological polar surface area (TPSA) is 104 Å². The summed E-state index contributed by atoms with van der Waals surface area (Å²) in [6.45, 7) is 4.11. The Morgan fingerprint density at radius 1 is 1.38 bits per heavy atom. The summed E-state index contributed by atoms with van der Waals surface area (Å²) in [5.74, 6) is -0.508. The molecule has 0 saturated carbocycles. The number of methoxy groups -OCH3 is 1.